The smallest absolute Gasteiger partial charge is 0.191 e. The van der Waals surface area contributed by atoms with E-state index < -0.39 is 0 Å². The van der Waals surface area contributed by atoms with Gasteiger partial charge in [-0.15, -0.1) is 24.0 Å². The largest absolute Gasteiger partial charge is 0.490 e. The predicted octanol–water partition coefficient (Wildman–Crippen LogP) is 3.93. The molecule has 0 saturated heterocycles. The van der Waals surface area contributed by atoms with Gasteiger partial charge in [0.05, 0.1) is 24.2 Å². The number of imidazole rings is 1. The van der Waals surface area contributed by atoms with Crippen LogP contribution in [0.15, 0.2) is 47.5 Å². The number of rotatable bonds is 10. The number of aliphatic imine (C=N–C) groups is 1. The van der Waals surface area contributed by atoms with Gasteiger partial charge in [-0.2, -0.15) is 0 Å². The van der Waals surface area contributed by atoms with Crippen LogP contribution < -0.4 is 20.1 Å². The molecule has 0 aliphatic heterocycles. The van der Waals surface area contributed by atoms with Crippen LogP contribution in [0, 0.1) is 0 Å². The second kappa shape index (κ2) is 13.0. The molecule has 0 aliphatic rings. The lowest BCUT2D eigenvalue weighted by atomic mass is 10.1. The lowest BCUT2D eigenvalue weighted by molar-refractivity contribution is 0.287. The van der Waals surface area contributed by atoms with Crippen LogP contribution in [0.5, 0.6) is 11.5 Å². The molecule has 3 rings (SSSR count). The molecular formula is C23H32IN5O2. The van der Waals surface area contributed by atoms with E-state index in [1.54, 1.807) is 7.05 Å². The number of hydrogen-bond donors (Lipinski definition) is 3. The number of aromatic nitrogens is 2. The molecule has 8 heteroatoms. The molecule has 0 saturated carbocycles. The van der Waals surface area contributed by atoms with Crippen molar-refractivity contribution >= 4 is 41.0 Å². The Morgan fingerprint density at radius 2 is 1.68 bits per heavy atom. The zero-order valence-corrected chi connectivity index (χ0v) is 20.7. The molecule has 1 aromatic heterocycles. The zero-order chi connectivity index (χ0) is 21.2. The fourth-order valence-electron chi connectivity index (χ4n) is 3.22. The number of nitrogens with one attached hydrogen (secondary N) is 3. The maximum absolute atomic E-state index is 5.71. The molecule has 0 fully saturated rings. The standard InChI is InChI=1S/C23H31N5O2.HI/c1-4-29-20-11-10-17(16-21(20)30-5-2)12-14-25-23(24-3)26-15-13-22-27-18-8-6-7-9-19(18)28-22;/h6-11,16H,4-5,12-15H2,1-3H3,(H,27,28)(H2,24,25,26);1H. The summed E-state index contributed by atoms with van der Waals surface area (Å²) in [6.07, 6.45) is 1.66. The van der Waals surface area contributed by atoms with Gasteiger partial charge in [0.2, 0.25) is 0 Å². The third-order valence-electron chi connectivity index (χ3n) is 4.63. The number of hydrogen-bond acceptors (Lipinski definition) is 4. The number of ether oxygens (including phenoxy) is 2. The summed E-state index contributed by atoms with van der Waals surface area (Å²) >= 11 is 0. The number of para-hydroxylation sites is 2. The van der Waals surface area contributed by atoms with E-state index in [-0.39, 0.29) is 24.0 Å². The lowest BCUT2D eigenvalue weighted by Gasteiger charge is -2.14. The van der Waals surface area contributed by atoms with Crippen molar-refractivity contribution in [3.05, 3.63) is 53.9 Å². The molecule has 0 radical (unpaired) electrons. The molecule has 7 nitrogen and oxygen atoms in total. The van der Waals surface area contributed by atoms with E-state index in [2.05, 4.69) is 31.7 Å². The topological polar surface area (TPSA) is 83.6 Å². The van der Waals surface area contributed by atoms with Crippen LogP contribution >= 0.6 is 24.0 Å². The molecule has 3 N–H and O–H groups in total. The summed E-state index contributed by atoms with van der Waals surface area (Å²) in [5.41, 5.74) is 3.25. The van der Waals surface area contributed by atoms with Crippen LogP contribution in [0.4, 0.5) is 0 Å². The first-order valence-electron chi connectivity index (χ1n) is 10.5. The van der Waals surface area contributed by atoms with E-state index >= 15 is 0 Å². The zero-order valence-electron chi connectivity index (χ0n) is 18.4. The fraction of sp³-hybridized carbons (Fsp3) is 0.391. The van der Waals surface area contributed by atoms with Gasteiger partial charge in [-0.05, 0) is 50.1 Å². The second-order valence-electron chi connectivity index (χ2n) is 6.77. The molecule has 0 unspecified atom stereocenters. The summed E-state index contributed by atoms with van der Waals surface area (Å²) in [5, 5.41) is 6.70. The first kappa shape index (κ1) is 24.8. The lowest BCUT2D eigenvalue weighted by Crippen LogP contribution is -2.39. The average Bonchev–Trinajstić information content (AvgIpc) is 3.17. The summed E-state index contributed by atoms with van der Waals surface area (Å²) < 4.78 is 11.3. The molecule has 0 bridgehead atoms. The maximum Gasteiger partial charge on any atom is 0.191 e. The Morgan fingerprint density at radius 3 is 2.39 bits per heavy atom. The molecule has 0 aliphatic carbocycles. The van der Waals surface area contributed by atoms with Gasteiger partial charge in [-0.3, -0.25) is 4.99 Å². The van der Waals surface area contributed by atoms with Crippen molar-refractivity contribution in [3.8, 4) is 11.5 Å². The minimum absolute atomic E-state index is 0. The number of guanidine groups is 1. The number of nitrogens with zero attached hydrogens (tertiary/aromatic N) is 2. The van der Waals surface area contributed by atoms with Crippen molar-refractivity contribution in [2.45, 2.75) is 26.7 Å². The molecule has 2 aromatic carbocycles. The first-order valence-corrected chi connectivity index (χ1v) is 10.5. The van der Waals surface area contributed by atoms with Gasteiger partial charge < -0.3 is 25.1 Å². The highest BCUT2D eigenvalue weighted by Crippen LogP contribution is 2.28. The Kier molecular flexibility index (Phi) is 10.4. The monoisotopic (exact) mass is 537 g/mol. The van der Waals surface area contributed by atoms with Crippen LogP contribution in [-0.4, -0.2) is 49.3 Å². The van der Waals surface area contributed by atoms with Gasteiger partial charge in [-0.25, -0.2) is 4.98 Å². The fourth-order valence-corrected chi connectivity index (χ4v) is 3.22. The number of fused-ring (bicyclic) bond motifs is 1. The third kappa shape index (κ3) is 7.30. The van der Waals surface area contributed by atoms with Gasteiger partial charge in [0, 0.05) is 26.6 Å². The molecule has 1 heterocycles. The molecule has 168 valence electrons. The number of H-pyrrole nitrogens is 1. The molecule has 3 aromatic rings. The van der Waals surface area contributed by atoms with Crippen molar-refractivity contribution < 1.29 is 9.47 Å². The normalized spacial score (nSPS) is 11.1. The summed E-state index contributed by atoms with van der Waals surface area (Å²) in [6.45, 7) is 6.70. The highest BCUT2D eigenvalue weighted by Gasteiger charge is 2.07. The van der Waals surface area contributed by atoms with Crippen molar-refractivity contribution in [1.82, 2.24) is 20.6 Å². The van der Waals surface area contributed by atoms with E-state index in [0.29, 0.717) is 13.2 Å². The summed E-state index contributed by atoms with van der Waals surface area (Å²) in [4.78, 5) is 12.2. The Hall–Kier alpha value is -2.49. The van der Waals surface area contributed by atoms with Crippen molar-refractivity contribution in [2.75, 3.05) is 33.4 Å². The van der Waals surface area contributed by atoms with E-state index in [9.17, 15) is 0 Å². The maximum atomic E-state index is 5.71. The predicted molar refractivity (Wildman–Crippen MR) is 137 cm³/mol. The van der Waals surface area contributed by atoms with E-state index in [1.165, 1.54) is 5.56 Å². The van der Waals surface area contributed by atoms with Gasteiger partial charge in [0.15, 0.2) is 17.5 Å². The Labute approximate surface area is 201 Å². The van der Waals surface area contributed by atoms with Gasteiger partial charge in [0.25, 0.3) is 0 Å². The summed E-state index contributed by atoms with van der Waals surface area (Å²) in [6, 6.07) is 14.2. The Morgan fingerprint density at radius 1 is 0.968 bits per heavy atom. The molecular weight excluding hydrogens is 505 g/mol. The van der Waals surface area contributed by atoms with Crippen LogP contribution in [-0.2, 0) is 12.8 Å². The van der Waals surface area contributed by atoms with Crippen molar-refractivity contribution in [3.63, 3.8) is 0 Å². The average molecular weight is 537 g/mol. The SMILES string of the molecule is CCOc1ccc(CCNC(=NC)NCCc2nc3ccccc3[nH]2)cc1OCC.I. The van der Waals surface area contributed by atoms with Crippen molar-refractivity contribution in [2.24, 2.45) is 4.99 Å². The van der Waals surface area contributed by atoms with E-state index in [1.807, 2.05) is 50.2 Å². The second-order valence-corrected chi connectivity index (χ2v) is 6.77. The summed E-state index contributed by atoms with van der Waals surface area (Å²) in [5.74, 6) is 3.34. The van der Waals surface area contributed by atoms with Crippen LogP contribution in [0.25, 0.3) is 11.0 Å². The first-order chi connectivity index (χ1) is 14.7. The van der Waals surface area contributed by atoms with Crippen LogP contribution in [0.2, 0.25) is 0 Å². The Balaban J connectivity index is 0.00000341. The highest BCUT2D eigenvalue weighted by atomic mass is 127. The van der Waals surface area contributed by atoms with Gasteiger partial charge in [0.1, 0.15) is 5.82 Å². The quantitative estimate of drug-likeness (QED) is 0.208. The van der Waals surface area contributed by atoms with E-state index in [4.69, 9.17) is 9.47 Å². The van der Waals surface area contributed by atoms with Crippen LogP contribution in [0.1, 0.15) is 25.2 Å². The number of halogens is 1. The molecule has 0 atom stereocenters. The Bertz CT molecular complexity index is 941. The number of aromatic amines is 1. The minimum atomic E-state index is 0. The van der Waals surface area contributed by atoms with E-state index in [0.717, 1.165) is 60.2 Å². The van der Waals surface area contributed by atoms with Crippen LogP contribution in [0.3, 0.4) is 0 Å². The highest BCUT2D eigenvalue weighted by molar-refractivity contribution is 14.0. The molecule has 0 amide bonds. The molecule has 31 heavy (non-hydrogen) atoms. The third-order valence-corrected chi connectivity index (χ3v) is 4.63. The van der Waals surface area contributed by atoms with Gasteiger partial charge >= 0.3 is 0 Å². The molecule has 0 spiro atoms. The van der Waals surface area contributed by atoms with Crippen molar-refractivity contribution in [1.29, 1.82) is 0 Å². The minimum Gasteiger partial charge on any atom is -0.490 e. The summed E-state index contributed by atoms with van der Waals surface area (Å²) in [7, 11) is 1.78. The van der Waals surface area contributed by atoms with Gasteiger partial charge in [-0.1, -0.05) is 18.2 Å². The number of benzene rings is 2.